The molecular formula is C32H35N5O2. The normalized spacial score (nSPS) is 17.7. The molecule has 200 valence electrons. The maximum absolute atomic E-state index is 13.4. The quantitative estimate of drug-likeness (QED) is 0.375. The molecule has 0 saturated carbocycles. The minimum atomic E-state index is -0.0530. The maximum atomic E-state index is 13.4. The van der Waals surface area contributed by atoms with Crippen LogP contribution in [0.25, 0.3) is 11.1 Å². The molecule has 1 aliphatic heterocycles. The number of nitrogens with one attached hydrogen (secondary N) is 1. The van der Waals surface area contributed by atoms with Crippen LogP contribution in [0.3, 0.4) is 0 Å². The summed E-state index contributed by atoms with van der Waals surface area (Å²) in [5.41, 5.74) is 13.1. The number of anilines is 2. The Bertz CT molecular complexity index is 1520. The van der Waals surface area contributed by atoms with Gasteiger partial charge in [0.2, 0.25) is 5.95 Å². The van der Waals surface area contributed by atoms with Crippen LogP contribution in [0.2, 0.25) is 0 Å². The number of fused-ring (bicyclic) bond motifs is 1. The Morgan fingerprint density at radius 2 is 1.79 bits per heavy atom. The smallest absolute Gasteiger partial charge is 0.262 e. The summed E-state index contributed by atoms with van der Waals surface area (Å²) in [7, 11) is 3.75. The van der Waals surface area contributed by atoms with Gasteiger partial charge in [-0.1, -0.05) is 48.5 Å². The van der Waals surface area contributed by atoms with Gasteiger partial charge in [0.15, 0.2) is 0 Å². The molecule has 1 spiro atoms. The summed E-state index contributed by atoms with van der Waals surface area (Å²) in [6.45, 7) is 2.16. The van der Waals surface area contributed by atoms with E-state index in [1.54, 1.807) is 10.8 Å². The number of benzene rings is 3. The second-order valence-electron chi connectivity index (χ2n) is 10.8. The number of piperidine rings is 1. The fourth-order valence-corrected chi connectivity index (χ4v) is 6.16. The van der Waals surface area contributed by atoms with Crippen LogP contribution in [0.15, 0.2) is 83.8 Å². The Balaban J connectivity index is 1.14. The van der Waals surface area contributed by atoms with E-state index in [2.05, 4.69) is 28.4 Å². The van der Waals surface area contributed by atoms with Crippen molar-refractivity contribution in [1.82, 2.24) is 9.55 Å². The minimum absolute atomic E-state index is 0.0294. The lowest BCUT2D eigenvalue weighted by Gasteiger charge is -2.42. The van der Waals surface area contributed by atoms with Crippen molar-refractivity contribution in [2.75, 3.05) is 30.4 Å². The summed E-state index contributed by atoms with van der Waals surface area (Å²) < 4.78 is 7.57. The Morgan fingerprint density at radius 1 is 1.05 bits per heavy atom. The highest BCUT2D eigenvalue weighted by Gasteiger charge is 2.46. The third-order valence-electron chi connectivity index (χ3n) is 8.57. The van der Waals surface area contributed by atoms with Gasteiger partial charge in [-0.2, -0.15) is 0 Å². The highest BCUT2D eigenvalue weighted by atomic mass is 16.5. The fourth-order valence-electron chi connectivity index (χ4n) is 6.16. The van der Waals surface area contributed by atoms with Crippen molar-refractivity contribution in [3.05, 3.63) is 106 Å². The first-order valence-electron chi connectivity index (χ1n) is 13.6. The molecule has 7 nitrogen and oxygen atoms in total. The number of hydrogen-bond acceptors (Lipinski definition) is 6. The van der Waals surface area contributed by atoms with E-state index in [0.717, 1.165) is 54.9 Å². The highest BCUT2D eigenvalue weighted by Crippen LogP contribution is 2.51. The van der Waals surface area contributed by atoms with Crippen LogP contribution in [-0.2, 0) is 20.1 Å². The number of nitrogens with zero attached hydrogens (tertiary/aromatic N) is 3. The van der Waals surface area contributed by atoms with Crippen molar-refractivity contribution in [1.29, 1.82) is 0 Å². The van der Waals surface area contributed by atoms with Gasteiger partial charge >= 0.3 is 0 Å². The summed E-state index contributed by atoms with van der Waals surface area (Å²) in [5.74, 6) is 1.48. The minimum Gasteiger partial charge on any atom is -0.489 e. The molecule has 6 rings (SSSR count). The molecule has 1 aliphatic carbocycles. The van der Waals surface area contributed by atoms with Crippen LogP contribution in [0.4, 0.5) is 11.6 Å². The predicted molar refractivity (Wildman–Crippen MR) is 156 cm³/mol. The highest BCUT2D eigenvalue weighted by molar-refractivity contribution is 5.63. The predicted octanol–water partition coefficient (Wildman–Crippen LogP) is 4.91. The van der Waals surface area contributed by atoms with Gasteiger partial charge in [-0.3, -0.25) is 9.36 Å². The third-order valence-corrected chi connectivity index (χ3v) is 8.57. The Kier molecular flexibility index (Phi) is 6.61. The van der Waals surface area contributed by atoms with Crippen molar-refractivity contribution in [2.45, 2.75) is 31.9 Å². The van der Waals surface area contributed by atoms with Gasteiger partial charge in [-0.15, -0.1) is 0 Å². The lowest BCUT2D eigenvalue weighted by atomic mass is 9.73. The molecule has 1 aromatic heterocycles. The molecule has 0 unspecified atom stereocenters. The van der Waals surface area contributed by atoms with Gasteiger partial charge in [-0.05, 0) is 71.2 Å². The number of nitrogens with two attached hydrogens (primary N) is 1. The zero-order chi connectivity index (χ0) is 27.0. The first-order valence-corrected chi connectivity index (χ1v) is 13.6. The molecule has 39 heavy (non-hydrogen) atoms. The van der Waals surface area contributed by atoms with E-state index in [1.165, 1.54) is 11.1 Å². The number of rotatable bonds is 6. The topological polar surface area (TPSA) is 85.4 Å². The molecule has 1 atom stereocenters. The third kappa shape index (κ3) is 4.68. The monoisotopic (exact) mass is 521 g/mol. The number of hydrogen-bond donors (Lipinski definition) is 2. The van der Waals surface area contributed by atoms with Crippen molar-refractivity contribution in [3.8, 4) is 16.9 Å². The van der Waals surface area contributed by atoms with Crippen LogP contribution in [0.5, 0.6) is 5.75 Å². The molecule has 7 heteroatoms. The summed E-state index contributed by atoms with van der Waals surface area (Å²) in [5, 5.41) is 3.23. The van der Waals surface area contributed by atoms with Gasteiger partial charge in [0.1, 0.15) is 12.4 Å². The first kappa shape index (κ1) is 25.2. The molecule has 3 N–H and O–H groups in total. The number of ether oxygens (including phenoxy) is 1. The van der Waals surface area contributed by atoms with Crippen LogP contribution in [0.1, 0.15) is 35.6 Å². The van der Waals surface area contributed by atoms with Crippen LogP contribution < -0.4 is 26.2 Å². The van der Waals surface area contributed by atoms with Crippen molar-refractivity contribution < 1.29 is 4.74 Å². The second-order valence-corrected chi connectivity index (χ2v) is 10.8. The molecule has 1 saturated heterocycles. The summed E-state index contributed by atoms with van der Waals surface area (Å²) in [6.07, 6.45) is 4.66. The van der Waals surface area contributed by atoms with Gasteiger partial charge in [0.25, 0.3) is 5.56 Å². The van der Waals surface area contributed by atoms with Gasteiger partial charge in [0.05, 0.1) is 5.56 Å². The fraction of sp³-hybridized carbons (Fsp3) is 0.312. The summed E-state index contributed by atoms with van der Waals surface area (Å²) >= 11 is 0. The summed E-state index contributed by atoms with van der Waals surface area (Å²) in [4.78, 5) is 20.4. The van der Waals surface area contributed by atoms with E-state index in [4.69, 9.17) is 15.5 Å². The summed E-state index contributed by atoms with van der Waals surface area (Å²) in [6, 6.07) is 24.3. The average Bonchev–Trinajstić information content (AvgIpc) is 3.24. The SMILES string of the molecule is CNc1ccc2c(c1)[C@@H](N)C1(CCN(c3ncc(-c4ccc(OCc5ccccc5)cc4)c(=O)n3C)CC1)C2. The van der Waals surface area contributed by atoms with E-state index in [1.807, 2.05) is 68.7 Å². The van der Waals surface area contributed by atoms with Crippen molar-refractivity contribution in [2.24, 2.45) is 18.2 Å². The molecule has 0 radical (unpaired) electrons. The standard InChI is InChI=1S/C32H35N5O2/c1-34-25-11-8-24-19-32(29(33)27(24)18-25)14-16-37(17-15-32)31-35-20-28(30(38)36(31)2)23-9-12-26(13-10-23)39-21-22-6-4-3-5-7-22/h3-13,18,20,29,34H,14-17,19,21,33H2,1-2H3/t29-/m1/s1. The van der Waals surface area contributed by atoms with E-state index in [9.17, 15) is 4.79 Å². The largest absolute Gasteiger partial charge is 0.489 e. The molecule has 3 aromatic carbocycles. The van der Waals surface area contributed by atoms with Crippen molar-refractivity contribution >= 4 is 11.6 Å². The van der Waals surface area contributed by atoms with Gasteiger partial charge in [0, 0.05) is 45.1 Å². The van der Waals surface area contributed by atoms with Crippen LogP contribution in [-0.4, -0.2) is 29.7 Å². The van der Waals surface area contributed by atoms with Gasteiger partial charge in [-0.25, -0.2) is 4.98 Å². The zero-order valence-corrected chi connectivity index (χ0v) is 22.6. The molecule has 0 bridgehead atoms. The van der Waals surface area contributed by atoms with Crippen LogP contribution >= 0.6 is 0 Å². The zero-order valence-electron chi connectivity index (χ0n) is 22.6. The Labute approximate surface area is 229 Å². The lowest BCUT2D eigenvalue weighted by molar-refractivity contribution is 0.186. The Morgan fingerprint density at radius 3 is 2.51 bits per heavy atom. The average molecular weight is 522 g/mol. The van der Waals surface area contributed by atoms with E-state index >= 15 is 0 Å². The molecule has 1 fully saturated rings. The van der Waals surface area contributed by atoms with E-state index < -0.39 is 0 Å². The second kappa shape index (κ2) is 10.2. The van der Waals surface area contributed by atoms with Crippen LogP contribution in [0, 0.1) is 5.41 Å². The van der Waals surface area contributed by atoms with E-state index in [0.29, 0.717) is 18.1 Å². The lowest BCUT2D eigenvalue weighted by Crippen LogP contribution is -2.46. The van der Waals surface area contributed by atoms with Crippen molar-refractivity contribution in [3.63, 3.8) is 0 Å². The first-order chi connectivity index (χ1) is 19.0. The van der Waals surface area contributed by atoms with Gasteiger partial charge < -0.3 is 20.7 Å². The molecule has 4 aromatic rings. The molecular weight excluding hydrogens is 486 g/mol. The van der Waals surface area contributed by atoms with E-state index in [-0.39, 0.29) is 17.0 Å². The number of aromatic nitrogens is 2. The maximum Gasteiger partial charge on any atom is 0.262 e. The molecule has 0 amide bonds. The Hall–Kier alpha value is -4.10. The molecule has 2 heterocycles. The molecule has 2 aliphatic rings.